The maximum Gasteiger partial charge on any atom is 0.252 e. The number of carbonyl (C=O) groups is 1. The molecule has 2 unspecified atom stereocenters. The van der Waals surface area contributed by atoms with E-state index in [0.29, 0.717) is 22.4 Å². The Hall–Kier alpha value is -2.72. The molecule has 2 aromatic carbocycles. The molecular weight excluding hydrogens is 452 g/mol. The van der Waals surface area contributed by atoms with Gasteiger partial charge in [0.05, 0.1) is 45.3 Å². The Balaban J connectivity index is 1.61. The normalized spacial score (nSPS) is 22.6. The lowest BCUT2D eigenvalue weighted by Crippen LogP contribution is -2.37. The molecule has 0 radical (unpaired) electrons. The monoisotopic (exact) mass is 476 g/mol. The third kappa shape index (κ3) is 4.56. The number of ether oxygens (including phenoxy) is 3. The lowest BCUT2D eigenvalue weighted by atomic mass is 10.1. The van der Waals surface area contributed by atoms with Gasteiger partial charge >= 0.3 is 0 Å². The number of hydrogen-bond donors (Lipinski definition) is 0. The van der Waals surface area contributed by atoms with Crippen LogP contribution < -0.4 is 19.1 Å². The van der Waals surface area contributed by atoms with Gasteiger partial charge in [0.2, 0.25) is 0 Å². The van der Waals surface area contributed by atoms with Gasteiger partial charge in [0.15, 0.2) is 26.5 Å². The van der Waals surface area contributed by atoms with Crippen molar-refractivity contribution in [3.8, 4) is 17.2 Å². The first-order valence-electron chi connectivity index (χ1n) is 9.96. The van der Waals surface area contributed by atoms with Gasteiger partial charge in [-0.15, -0.1) is 0 Å². The zero-order chi connectivity index (χ0) is 22.9. The van der Waals surface area contributed by atoms with E-state index in [1.165, 1.54) is 11.8 Å². The maximum absolute atomic E-state index is 12.8. The van der Waals surface area contributed by atoms with Crippen molar-refractivity contribution in [2.75, 3.05) is 37.7 Å². The molecule has 0 N–H and O–H groups in total. The molecule has 0 saturated carbocycles. The third-order valence-corrected chi connectivity index (χ3v) is 8.65. The molecule has 2 atom stereocenters. The quantitative estimate of drug-likeness (QED) is 0.628. The molecule has 2 aromatic rings. The number of methoxy groups -OCH3 is 3. The number of anilines is 1. The maximum atomic E-state index is 12.8. The fourth-order valence-electron chi connectivity index (χ4n) is 3.92. The molecule has 2 saturated heterocycles. The number of rotatable bonds is 6. The molecule has 4 rings (SSSR count). The highest BCUT2D eigenvalue weighted by molar-refractivity contribution is 8.16. The number of sulfone groups is 1. The highest BCUT2D eigenvalue weighted by Crippen LogP contribution is 2.41. The van der Waals surface area contributed by atoms with Gasteiger partial charge in [-0.1, -0.05) is 17.8 Å². The third-order valence-electron chi connectivity index (χ3n) is 5.44. The number of aliphatic imine (C=N–C) groups is 1. The van der Waals surface area contributed by atoms with Crippen molar-refractivity contribution >= 4 is 38.4 Å². The summed E-state index contributed by atoms with van der Waals surface area (Å²) in [5, 5.41) is 0.361. The summed E-state index contributed by atoms with van der Waals surface area (Å²) in [7, 11) is 1.55. The van der Waals surface area contributed by atoms with E-state index in [0.717, 1.165) is 11.3 Å². The van der Waals surface area contributed by atoms with Gasteiger partial charge in [-0.3, -0.25) is 4.79 Å². The lowest BCUT2D eigenvalue weighted by molar-refractivity contribution is -0.117. The van der Waals surface area contributed by atoms with Gasteiger partial charge in [-0.25, -0.2) is 8.42 Å². The Morgan fingerprint density at radius 2 is 1.75 bits per heavy atom. The molecule has 1 amide bonds. The van der Waals surface area contributed by atoms with Crippen LogP contribution in [-0.2, 0) is 21.1 Å². The van der Waals surface area contributed by atoms with Crippen LogP contribution in [0.1, 0.15) is 5.56 Å². The Morgan fingerprint density at radius 3 is 2.41 bits per heavy atom. The number of hydrogen-bond acceptors (Lipinski definition) is 7. The highest BCUT2D eigenvalue weighted by atomic mass is 32.2. The second kappa shape index (κ2) is 9.03. The second-order valence-electron chi connectivity index (χ2n) is 7.52. The van der Waals surface area contributed by atoms with Crippen molar-refractivity contribution in [2.45, 2.75) is 17.7 Å². The van der Waals surface area contributed by atoms with Crippen molar-refractivity contribution in [2.24, 2.45) is 4.99 Å². The molecule has 2 fully saturated rings. The van der Waals surface area contributed by atoms with Gasteiger partial charge in [0.1, 0.15) is 5.75 Å². The molecule has 2 aliphatic rings. The summed E-state index contributed by atoms with van der Waals surface area (Å²) in [5.41, 5.74) is 1.53. The predicted octanol–water partition coefficient (Wildman–Crippen LogP) is 2.56. The molecule has 0 aromatic heterocycles. The van der Waals surface area contributed by atoms with Gasteiger partial charge in [0.25, 0.3) is 5.91 Å². The van der Waals surface area contributed by atoms with E-state index >= 15 is 0 Å². The topological polar surface area (TPSA) is 94.5 Å². The van der Waals surface area contributed by atoms with E-state index in [4.69, 9.17) is 14.2 Å². The molecule has 10 heteroatoms. The zero-order valence-corrected chi connectivity index (χ0v) is 19.6. The minimum Gasteiger partial charge on any atom is -0.497 e. The van der Waals surface area contributed by atoms with E-state index in [-0.39, 0.29) is 35.1 Å². The fraction of sp³-hybridized carbons (Fsp3) is 0.364. The van der Waals surface area contributed by atoms with Crippen LogP contribution in [0.25, 0.3) is 0 Å². The van der Waals surface area contributed by atoms with Crippen LogP contribution in [0.4, 0.5) is 5.69 Å². The number of nitrogens with zero attached hydrogens (tertiary/aromatic N) is 2. The number of amides is 1. The van der Waals surface area contributed by atoms with Crippen LogP contribution in [0.15, 0.2) is 47.5 Å². The molecule has 0 aliphatic carbocycles. The van der Waals surface area contributed by atoms with Crippen LogP contribution in [0.5, 0.6) is 17.2 Å². The Bertz CT molecular complexity index is 1150. The molecule has 170 valence electrons. The summed E-state index contributed by atoms with van der Waals surface area (Å²) >= 11 is 1.35. The molecule has 0 spiro atoms. The van der Waals surface area contributed by atoms with E-state index < -0.39 is 9.84 Å². The summed E-state index contributed by atoms with van der Waals surface area (Å²) in [4.78, 5) is 19.0. The van der Waals surface area contributed by atoms with Crippen molar-refractivity contribution in [3.05, 3.63) is 48.0 Å². The van der Waals surface area contributed by atoms with E-state index in [1.807, 2.05) is 17.0 Å². The number of carbonyl (C=O) groups excluding carboxylic acids is 1. The standard InChI is InChI=1S/C22H24N2O6S2/c1-28-16-7-5-15(6-8-16)24-17-12-32(26,27)13-20(17)31-22(24)23-21(25)11-14-4-9-18(29-2)19(10-14)30-3/h4-10,17,20H,11-13H2,1-3H3. The summed E-state index contributed by atoms with van der Waals surface area (Å²) in [6, 6.07) is 12.3. The minimum absolute atomic E-state index is 0.0413. The van der Waals surface area contributed by atoms with Crippen molar-refractivity contribution < 1.29 is 27.4 Å². The van der Waals surface area contributed by atoms with Gasteiger partial charge < -0.3 is 19.1 Å². The summed E-state index contributed by atoms with van der Waals surface area (Å²) in [5.74, 6) is 1.62. The number of fused-ring (bicyclic) bond motifs is 1. The van der Waals surface area contributed by atoms with Crippen molar-refractivity contribution in [1.82, 2.24) is 0 Å². The van der Waals surface area contributed by atoms with Gasteiger partial charge in [-0.2, -0.15) is 4.99 Å². The predicted molar refractivity (Wildman–Crippen MR) is 125 cm³/mol. The number of amidine groups is 1. The average Bonchev–Trinajstić information content (AvgIpc) is 3.24. The van der Waals surface area contributed by atoms with Crippen LogP contribution in [0.2, 0.25) is 0 Å². The van der Waals surface area contributed by atoms with Crippen LogP contribution >= 0.6 is 11.8 Å². The molecule has 32 heavy (non-hydrogen) atoms. The van der Waals surface area contributed by atoms with Crippen LogP contribution in [0.3, 0.4) is 0 Å². The molecule has 2 aliphatic heterocycles. The van der Waals surface area contributed by atoms with Crippen molar-refractivity contribution in [3.63, 3.8) is 0 Å². The van der Waals surface area contributed by atoms with E-state index in [2.05, 4.69) is 4.99 Å². The fourth-order valence-corrected chi connectivity index (χ4v) is 7.85. The average molecular weight is 477 g/mol. The smallest absolute Gasteiger partial charge is 0.252 e. The Kier molecular flexibility index (Phi) is 6.34. The number of thioether (sulfide) groups is 1. The minimum atomic E-state index is -3.13. The first kappa shape index (κ1) is 22.5. The largest absolute Gasteiger partial charge is 0.497 e. The second-order valence-corrected chi connectivity index (χ2v) is 10.9. The Morgan fingerprint density at radius 1 is 1.03 bits per heavy atom. The molecule has 8 nitrogen and oxygen atoms in total. The summed E-state index contributed by atoms with van der Waals surface area (Å²) in [6.45, 7) is 0. The van der Waals surface area contributed by atoms with Crippen LogP contribution in [-0.4, -0.2) is 63.6 Å². The van der Waals surface area contributed by atoms with Crippen molar-refractivity contribution in [1.29, 1.82) is 0 Å². The zero-order valence-electron chi connectivity index (χ0n) is 18.0. The lowest BCUT2D eigenvalue weighted by Gasteiger charge is -2.24. The van der Waals surface area contributed by atoms with E-state index in [9.17, 15) is 13.2 Å². The molecule has 2 heterocycles. The number of benzene rings is 2. The summed E-state index contributed by atoms with van der Waals surface area (Å²) in [6.07, 6.45) is 0.0918. The Labute approximate surface area is 191 Å². The summed E-state index contributed by atoms with van der Waals surface area (Å²) < 4.78 is 40.2. The van der Waals surface area contributed by atoms with E-state index in [1.54, 1.807) is 51.7 Å². The van der Waals surface area contributed by atoms with Gasteiger partial charge in [0, 0.05) is 10.9 Å². The highest BCUT2D eigenvalue weighted by Gasteiger charge is 2.49. The first-order chi connectivity index (χ1) is 15.3. The first-order valence-corrected chi connectivity index (χ1v) is 12.7. The molecule has 0 bridgehead atoms. The SMILES string of the molecule is COc1ccc(N2C(=NC(=O)Cc3ccc(OC)c(OC)c3)SC3CS(=O)(=O)CC32)cc1. The van der Waals surface area contributed by atoms with Gasteiger partial charge in [-0.05, 0) is 42.0 Å². The molecular formula is C22H24N2O6S2. The van der Waals surface area contributed by atoms with Crippen LogP contribution in [0, 0.1) is 0 Å².